The van der Waals surface area contributed by atoms with Crippen molar-refractivity contribution in [2.45, 2.75) is 49.6 Å². The summed E-state index contributed by atoms with van der Waals surface area (Å²) in [6.45, 7) is 0.486. The van der Waals surface area contributed by atoms with Crippen LogP contribution in [0, 0.1) is 17.2 Å². The van der Waals surface area contributed by atoms with Crippen LogP contribution in [-0.2, 0) is 4.79 Å². The highest BCUT2D eigenvalue weighted by Crippen LogP contribution is 2.34. The van der Waals surface area contributed by atoms with E-state index in [0.717, 1.165) is 36.8 Å². The van der Waals surface area contributed by atoms with Gasteiger partial charge in [0.05, 0.1) is 0 Å². The van der Waals surface area contributed by atoms with Gasteiger partial charge in [-0.3, -0.25) is 0 Å². The van der Waals surface area contributed by atoms with Crippen LogP contribution in [0.4, 0.5) is 17.6 Å². The van der Waals surface area contributed by atoms with Crippen molar-refractivity contribution in [3.63, 3.8) is 0 Å². The minimum atomic E-state index is -5.08. The fourth-order valence-corrected chi connectivity index (χ4v) is 3.76. The number of hydrogen-bond donors (Lipinski definition) is 3. The van der Waals surface area contributed by atoms with Crippen molar-refractivity contribution in [1.82, 2.24) is 10.6 Å². The van der Waals surface area contributed by atoms with E-state index in [1.807, 2.05) is 49.5 Å². The lowest BCUT2D eigenvalue weighted by molar-refractivity contribution is -0.192. The van der Waals surface area contributed by atoms with E-state index in [-0.39, 0.29) is 0 Å². The van der Waals surface area contributed by atoms with Gasteiger partial charge in [0.2, 0.25) is 5.67 Å². The van der Waals surface area contributed by atoms with Crippen LogP contribution in [0.1, 0.15) is 31.2 Å². The third kappa shape index (κ3) is 7.18. The zero-order chi connectivity index (χ0) is 23.8. The van der Waals surface area contributed by atoms with Crippen molar-refractivity contribution < 1.29 is 27.5 Å². The van der Waals surface area contributed by atoms with Gasteiger partial charge in [-0.2, -0.15) is 18.4 Å². The molecule has 0 bridgehead atoms. The van der Waals surface area contributed by atoms with Crippen molar-refractivity contribution in [3.05, 3.63) is 54.1 Å². The van der Waals surface area contributed by atoms with Crippen molar-refractivity contribution in [1.29, 1.82) is 5.26 Å². The van der Waals surface area contributed by atoms with Crippen molar-refractivity contribution in [3.8, 4) is 6.07 Å². The molecule has 0 heterocycles. The largest absolute Gasteiger partial charge is 0.490 e. The van der Waals surface area contributed by atoms with Gasteiger partial charge in [0.15, 0.2) is 0 Å². The zero-order valence-corrected chi connectivity index (χ0v) is 17.7. The molecule has 2 aliphatic rings. The molecule has 0 aromatic heterocycles. The number of nitrogens with zero attached hydrogens (tertiary/aromatic N) is 1. The molecule has 32 heavy (non-hydrogen) atoms. The van der Waals surface area contributed by atoms with Gasteiger partial charge in [-0.05, 0) is 49.9 Å². The average Bonchev–Trinajstić information content (AvgIpc) is 2.79. The van der Waals surface area contributed by atoms with Gasteiger partial charge in [-0.1, -0.05) is 42.5 Å². The molecule has 1 aromatic rings. The number of halogens is 4. The van der Waals surface area contributed by atoms with E-state index in [1.54, 1.807) is 6.08 Å². The Balaban J connectivity index is 0.000000451. The number of alkyl halides is 4. The maximum atomic E-state index is 15.0. The predicted molar refractivity (Wildman–Crippen MR) is 113 cm³/mol. The van der Waals surface area contributed by atoms with Crippen molar-refractivity contribution >= 4 is 11.5 Å². The molecule has 0 spiro atoms. The fraction of sp³-hybridized carbons (Fsp3) is 0.478. The topological polar surface area (TPSA) is 85.1 Å². The molecular weight excluding hydrogens is 426 g/mol. The van der Waals surface area contributed by atoms with Gasteiger partial charge in [0.1, 0.15) is 6.07 Å². The molecule has 1 saturated carbocycles. The van der Waals surface area contributed by atoms with Crippen LogP contribution in [0.5, 0.6) is 0 Å². The third-order valence-electron chi connectivity index (χ3n) is 5.71. The van der Waals surface area contributed by atoms with Crippen LogP contribution in [0.25, 0.3) is 5.57 Å². The zero-order valence-electron chi connectivity index (χ0n) is 17.7. The first-order chi connectivity index (χ1) is 15.1. The molecule has 0 aliphatic heterocycles. The summed E-state index contributed by atoms with van der Waals surface area (Å²) in [5.74, 6) is -3.23. The molecule has 5 nitrogen and oxygen atoms in total. The summed E-state index contributed by atoms with van der Waals surface area (Å²) in [5, 5.41) is 23.3. The Morgan fingerprint density at radius 3 is 2.25 bits per heavy atom. The number of benzene rings is 1. The number of nitriles is 1. The lowest BCUT2D eigenvalue weighted by Crippen LogP contribution is -2.44. The van der Waals surface area contributed by atoms with Crippen molar-refractivity contribution in [2.24, 2.45) is 5.92 Å². The molecular formula is C23H27F4N3O2. The lowest BCUT2D eigenvalue weighted by Gasteiger charge is -2.32. The highest BCUT2D eigenvalue weighted by atomic mass is 19.4. The number of allylic oxidation sites excluding steroid dienone is 3. The van der Waals surface area contributed by atoms with E-state index in [9.17, 15) is 22.8 Å². The van der Waals surface area contributed by atoms with Crippen LogP contribution < -0.4 is 10.6 Å². The molecule has 2 atom stereocenters. The van der Waals surface area contributed by atoms with Crippen LogP contribution in [0.2, 0.25) is 0 Å². The maximum absolute atomic E-state index is 15.0. The van der Waals surface area contributed by atoms with E-state index in [2.05, 4.69) is 10.6 Å². The number of aliphatic carboxylic acids is 1. The minimum absolute atomic E-state index is 0.409. The third-order valence-corrected chi connectivity index (χ3v) is 5.71. The van der Waals surface area contributed by atoms with E-state index in [1.165, 1.54) is 6.08 Å². The van der Waals surface area contributed by atoms with Crippen LogP contribution in [0.3, 0.4) is 0 Å². The molecule has 0 amide bonds. The number of carboxylic acids is 1. The first-order valence-corrected chi connectivity index (χ1v) is 10.4. The maximum Gasteiger partial charge on any atom is 0.490 e. The summed E-state index contributed by atoms with van der Waals surface area (Å²) in [6.07, 6.45) is 4.44. The Morgan fingerprint density at radius 1 is 1.19 bits per heavy atom. The van der Waals surface area contributed by atoms with E-state index < -0.39 is 23.7 Å². The molecule has 0 saturated heterocycles. The van der Waals surface area contributed by atoms with Gasteiger partial charge in [0.25, 0.3) is 0 Å². The van der Waals surface area contributed by atoms with E-state index in [0.29, 0.717) is 18.6 Å². The SMILES string of the molecule is CNC1CCC(NCC2C=C(c3ccccc3)C=CC2(F)C#N)CC1.O=C(O)C(F)(F)F. The Labute approximate surface area is 184 Å². The number of carboxylic acid groups (broad SMARTS) is 1. The van der Waals surface area contributed by atoms with Gasteiger partial charge < -0.3 is 15.7 Å². The molecule has 0 radical (unpaired) electrons. The molecule has 174 valence electrons. The van der Waals surface area contributed by atoms with E-state index in [4.69, 9.17) is 9.90 Å². The Morgan fingerprint density at radius 2 is 1.75 bits per heavy atom. The second kappa shape index (κ2) is 11.2. The molecule has 3 rings (SSSR count). The smallest absolute Gasteiger partial charge is 0.475 e. The first kappa shape index (κ1) is 25.6. The van der Waals surface area contributed by atoms with Gasteiger partial charge >= 0.3 is 12.1 Å². The molecule has 9 heteroatoms. The molecule has 2 aliphatic carbocycles. The Hall–Kier alpha value is -2.70. The Kier molecular flexibility index (Phi) is 8.99. The normalized spacial score (nSPS) is 27.5. The highest BCUT2D eigenvalue weighted by molar-refractivity contribution is 5.76. The number of carbonyl (C=O) groups is 1. The molecule has 2 unspecified atom stereocenters. The van der Waals surface area contributed by atoms with Crippen LogP contribution in [-0.4, -0.2) is 48.6 Å². The summed E-state index contributed by atoms with van der Waals surface area (Å²) in [5.41, 5.74) is 0.0982. The van der Waals surface area contributed by atoms with E-state index >= 15 is 0 Å². The quantitative estimate of drug-likeness (QED) is 0.581. The predicted octanol–water partition coefficient (Wildman–Crippen LogP) is 4.24. The number of rotatable bonds is 5. The highest BCUT2D eigenvalue weighted by Gasteiger charge is 2.39. The van der Waals surface area contributed by atoms with Crippen LogP contribution in [0.15, 0.2) is 48.6 Å². The monoisotopic (exact) mass is 453 g/mol. The first-order valence-electron chi connectivity index (χ1n) is 10.4. The number of hydrogen-bond acceptors (Lipinski definition) is 4. The Bertz CT molecular complexity index is 856. The fourth-order valence-electron chi connectivity index (χ4n) is 3.76. The summed E-state index contributed by atoms with van der Waals surface area (Å²) in [4.78, 5) is 8.90. The second-order valence-electron chi connectivity index (χ2n) is 7.86. The summed E-state index contributed by atoms with van der Waals surface area (Å²) in [7, 11) is 2.01. The van der Waals surface area contributed by atoms with Gasteiger partial charge in [0, 0.05) is 24.5 Å². The lowest BCUT2D eigenvalue weighted by atomic mass is 9.82. The standard InChI is InChI=1S/C21H26FN3.C2HF3O2/c1-24-19-7-9-20(10-8-19)25-14-18-13-17(11-12-21(18,22)15-23)16-5-3-2-4-6-16;3-2(4,5)1(6)7/h2-6,11-13,18-20,24-25H,7-10,14H2,1H3;(H,6,7). The summed E-state index contributed by atoms with van der Waals surface area (Å²) < 4.78 is 46.7. The molecule has 3 N–H and O–H groups in total. The molecule has 1 aromatic carbocycles. The second-order valence-corrected chi connectivity index (χ2v) is 7.86. The molecule has 1 fully saturated rings. The van der Waals surface area contributed by atoms with Crippen LogP contribution >= 0.6 is 0 Å². The average molecular weight is 453 g/mol. The number of nitrogens with one attached hydrogen (secondary N) is 2. The van der Waals surface area contributed by atoms with Crippen molar-refractivity contribution in [2.75, 3.05) is 13.6 Å². The minimum Gasteiger partial charge on any atom is -0.475 e. The summed E-state index contributed by atoms with van der Waals surface area (Å²) in [6, 6.07) is 12.8. The van der Waals surface area contributed by atoms with Gasteiger partial charge in [-0.25, -0.2) is 9.18 Å². The summed E-state index contributed by atoms with van der Waals surface area (Å²) >= 11 is 0. The van der Waals surface area contributed by atoms with Gasteiger partial charge in [-0.15, -0.1) is 0 Å².